The van der Waals surface area contributed by atoms with E-state index in [1.54, 1.807) is 0 Å². The van der Waals surface area contributed by atoms with Gasteiger partial charge in [-0.15, -0.1) is 0 Å². The van der Waals surface area contributed by atoms with Crippen LogP contribution in [0.5, 0.6) is 23.0 Å². The van der Waals surface area contributed by atoms with Crippen LogP contribution in [-0.2, 0) is 11.8 Å². The molecule has 13 rings (SSSR count). The van der Waals surface area contributed by atoms with E-state index in [0.29, 0.717) is 0 Å². The van der Waals surface area contributed by atoms with Gasteiger partial charge in [0.15, 0.2) is 0 Å². The van der Waals surface area contributed by atoms with Gasteiger partial charge in [-0.1, -0.05) is 127 Å². The molecule has 4 nitrogen and oxygen atoms in total. The van der Waals surface area contributed by atoms with E-state index in [9.17, 15) is 0 Å². The first-order valence-electron chi connectivity index (χ1n) is 20.2. The maximum Gasteiger partial charge on any atom is 0.140 e. The summed E-state index contributed by atoms with van der Waals surface area (Å²) in [4.78, 5) is 0. The fourth-order valence-electron chi connectivity index (χ4n) is 9.66. The van der Waals surface area contributed by atoms with Gasteiger partial charge in [0.2, 0.25) is 0 Å². The Balaban J connectivity index is 0.864. The van der Waals surface area contributed by atoms with Crippen molar-refractivity contribution in [3.05, 3.63) is 200 Å². The maximum absolute atomic E-state index is 6.90. The highest BCUT2D eigenvalue weighted by Crippen LogP contribution is 2.59. The van der Waals surface area contributed by atoms with Crippen molar-refractivity contribution < 1.29 is 9.47 Å². The summed E-state index contributed by atoms with van der Waals surface area (Å²) >= 11 is 6.90. The first kappa shape index (κ1) is 33.8. The second kappa shape index (κ2) is 12.7. The number of hydrogen-bond acceptors (Lipinski definition) is 3. The van der Waals surface area contributed by atoms with Crippen molar-refractivity contribution in [1.29, 1.82) is 0 Å². The van der Waals surface area contributed by atoms with Crippen LogP contribution >= 0.6 is 6.04 Å². The zero-order chi connectivity index (χ0) is 39.5. The van der Waals surface area contributed by atoms with Crippen LogP contribution in [0.2, 0.25) is 0 Å². The Morgan fingerprint density at radius 2 is 0.683 bits per heavy atom. The lowest BCUT2D eigenvalue weighted by molar-refractivity contribution is 0.466. The lowest BCUT2D eigenvalue weighted by Gasteiger charge is -2.37. The van der Waals surface area contributed by atoms with E-state index in [-0.39, 0.29) is 0 Å². The quantitative estimate of drug-likeness (QED) is 0.166. The third-order valence-electron chi connectivity index (χ3n) is 12.4. The first-order valence-corrected chi connectivity index (χ1v) is 23.0. The SMILES string of the molecule is S=P12c3ccc(-c4ccc(-n5c6ccccc6c6ccccc65)cc4)cc3Oc3cccc(c31)Oc1cc(-c3ccc(-n4c5ccccc5c5ccccc54)cc3)ccc12. The van der Waals surface area contributed by atoms with Crippen LogP contribution in [0.3, 0.4) is 0 Å². The lowest BCUT2D eigenvalue weighted by atomic mass is 10.0. The van der Waals surface area contributed by atoms with Gasteiger partial charge in [-0.2, -0.15) is 0 Å². The van der Waals surface area contributed by atoms with Crippen molar-refractivity contribution in [2.45, 2.75) is 0 Å². The summed E-state index contributed by atoms with van der Waals surface area (Å²) in [6.45, 7) is 0. The third-order valence-corrected chi connectivity index (χ3v) is 17.3. The van der Waals surface area contributed by atoms with Crippen LogP contribution in [-0.4, -0.2) is 9.13 Å². The number of para-hydroxylation sites is 4. The lowest BCUT2D eigenvalue weighted by Crippen LogP contribution is -2.34. The molecule has 282 valence electrons. The highest BCUT2D eigenvalue weighted by atomic mass is 32.4. The number of nitrogens with zero attached hydrogens (tertiary/aromatic N) is 2. The summed E-state index contributed by atoms with van der Waals surface area (Å²) in [5, 5.41) is 8.11. The molecule has 0 unspecified atom stereocenters. The standard InChI is InChI=1S/C54H33N2O2PS/c60-59-52-30-24-36(34-20-26-38(27-21-34)55-44-14-5-1-10-40(44)41-11-2-6-15-45(41)55)32-50(52)57-48-18-9-19-49(54(48)59)58-51-33-37(25-31-53(51)59)35-22-28-39(29-23-35)56-46-16-7-3-12-42(46)43-13-4-8-17-47(43)56/h1-33H. The predicted molar refractivity (Wildman–Crippen MR) is 252 cm³/mol. The van der Waals surface area contributed by atoms with Crippen LogP contribution in [0.15, 0.2) is 200 Å². The molecule has 2 aliphatic rings. The Bertz CT molecular complexity index is 3300. The normalized spacial score (nSPS) is 13.5. The van der Waals surface area contributed by atoms with E-state index in [1.165, 1.54) is 43.6 Å². The highest BCUT2D eigenvalue weighted by molar-refractivity contribution is 8.26. The van der Waals surface area contributed by atoms with Gasteiger partial charge in [0.05, 0.1) is 33.4 Å². The summed E-state index contributed by atoms with van der Waals surface area (Å²) in [6.07, 6.45) is 0. The summed E-state index contributed by atoms with van der Waals surface area (Å²) < 4.78 is 18.1. The van der Waals surface area contributed by atoms with E-state index in [2.05, 4.69) is 191 Å². The molecule has 2 aliphatic heterocycles. The van der Waals surface area contributed by atoms with Crippen molar-refractivity contribution in [2.75, 3.05) is 0 Å². The van der Waals surface area contributed by atoms with Crippen molar-refractivity contribution in [3.63, 3.8) is 0 Å². The van der Waals surface area contributed by atoms with Gasteiger partial charge in [0, 0.05) is 43.5 Å². The van der Waals surface area contributed by atoms with Crippen LogP contribution in [0.4, 0.5) is 0 Å². The topological polar surface area (TPSA) is 28.3 Å². The average Bonchev–Trinajstić information content (AvgIpc) is 3.82. The maximum atomic E-state index is 6.90. The van der Waals surface area contributed by atoms with E-state index in [4.69, 9.17) is 21.3 Å². The minimum Gasteiger partial charge on any atom is -0.456 e. The molecule has 0 bridgehead atoms. The van der Waals surface area contributed by atoms with Gasteiger partial charge in [-0.05, 0) is 107 Å². The largest absolute Gasteiger partial charge is 0.456 e. The molecular formula is C54H33N2O2PS. The average molecular weight is 805 g/mol. The number of hydrogen-bond donors (Lipinski definition) is 0. The molecule has 60 heavy (non-hydrogen) atoms. The fourth-order valence-corrected chi connectivity index (χ4v) is 14.1. The molecule has 0 radical (unpaired) electrons. The summed E-state index contributed by atoms with van der Waals surface area (Å²) in [7, 11) is 0. The van der Waals surface area contributed by atoms with E-state index < -0.39 is 6.04 Å². The number of aromatic nitrogens is 2. The van der Waals surface area contributed by atoms with Gasteiger partial charge in [0.1, 0.15) is 23.0 Å². The van der Waals surface area contributed by atoms with Crippen LogP contribution in [0.1, 0.15) is 0 Å². The Kier molecular flexibility index (Phi) is 7.13. The molecule has 0 saturated heterocycles. The molecule has 2 aromatic heterocycles. The predicted octanol–water partition coefficient (Wildman–Crippen LogP) is 13.2. The molecule has 0 atom stereocenters. The number of ether oxygens (including phenoxy) is 2. The van der Waals surface area contributed by atoms with E-state index in [0.717, 1.165) is 72.5 Å². The number of rotatable bonds is 4. The molecule has 0 fully saturated rings. The van der Waals surface area contributed by atoms with Gasteiger partial charge in [-0.3, -0.25) is 0 Å². The van der Waals surface area contributed by atoms with Crippen LogP contribution in [0, 0.1) is 0 Å². The third kappa shape index (κ3) is 4.76. The molecule has 6 heteroatoms. The Labute approximate surface area is 351 Å². The molecule has 0 aliphatic carbocycles. The number of fused-ring (bicyclic) bond motifs is 10. The molecule has 0 amide bonds. The first-order chi connectivity index (χ1) is 29.6. The van der Waals surface area contributed by atoms with Crippen molar-refractivity contribution >= 4 is 77.4 Å². The second-order valence-electron chi connectivity index (χ2n) is 15.6. The van der Waals surface area contributed by atoms with E-state index in [1.807, 2.05) is 18.2 Å². The molecule has 0 saturated carbocycles. The monoisotopic (exact) mass is 804 g/mol. The Hall–Kier alpha value is -7.17. The Morgan fingerprint density at radius 1 is 0.333 bits per heavy atom. The summed E-state index contributed by atoms with van der Waals surface area (Å²) in [6, 6.07) is 68.7. The Morgan fingerprint density at radius 3 is 1.07 bits per heavy atom. The fraction of sp³-hybridized carbons (Fsp3) is 0. The van der Waals surface area contributed by atoms with Crippen LogP contribution in [0.25, 0.3) is 77.2 Å². The zero-order valence-corrected chi connectivity index (χ0v) is 33.8. The van der Waals surface area contributed by atoms with Gasteiger partial charge in [0.25, 0.3) is 0 Å². The summed E-state index contributed by atoms with van der Waals surface area (Å²) in [5.74, 6) is 3.17. The molecule has 0 spiro atoms. The van der Waals surface area contributed by atoms with Crippen LogP contribution < -0.4 is 25.4 Å². The molecule has 11 aromatic rings. The summed E-state index contributed by atoms with van der Waals surface area (Å²) in [5.41, 5.74) is 11.4. The zero-order valence-electron chi connectivity index (χ0n) is 32.1. The minimum atomic E-state index is -2.54. The van der Waals surface area contributed by atoms with Crippen molar-refractivity contribution in [3.8, 4) is 56.6 Å². The van der Waals surface area contributed by atoms with Gasteiger partial charge >= 0.3 is 0 Å². The molecule has 0 N–H and O–H groups in total. The van der Waals surface area contributed by atoms with Crippen molar-refractivity contribution in [1.82, 2.24) is 9.13 Å². The van der Waals surface area contributed by atoms with Gasteiger partial charge in [-0.25, -0.2) is 0 Å². The smallest absolute Gasteiger partial charge is 0.140 e. The second-order valence-corrected chi connectivity index (χ2v) is 19.9. The molecular weight excluding hydrogens is 772 g/mol. The van der Waals surface area contributed by atoms with E-state index >= 15 is 0 Å². The molecule has 9 aromatic carbocycles. The molecule has 4 heterocycles. The number of benzene rings is 9. The minimum absolute atomic E-state index is 0.776. The van der Waals surface area contributed by atoms with Gasteiger partial charge < -0.3 is 18.6 Å². The van der Waals surface area contributed by atoms with Crippen molar-refractivity contribution in [2.24, 2.45) is 0 Å². The highest BCUT2D eigenvalue weighted by Gasteiger charge is 2.42.